The fourth-order valence-electron chi connectivity index (χ4n) is 2.64. The van der Waals surface area contributed by atoms with Crippen LogP contribution in [-0.4, -0.2) is 49.3 Å². The van der Waals surface area contributed by atoms with Crippen molar-refractivity contribution < 1.29 is 14.3 Å². The smallest absolute Gasteiger partial charge is 0.193 e. The first-order chi connectivity index (χ1) is 12.5. The number of furan rings is 1. The Labute approximate surface area is 178 Å². The molecule has 1 heterocycles. The van der Waals surface area contributed by atoms with Crippen LogP contribution >= 0.6 is 24.0 Å². The molecule has 0 aliphatic rings. The number of likely N-dealkylation sites (N-methyl/N-ethyl adjacent to an activating group) is 1. The average Bonchev–Trinajstić information content (AvgIpc) is 3.12. The summed E-state index contributed by atoms with van der Waals surface area (Å²) in [7, 11) is 1.95. The number of hydrogen-bond donors (Lipinski definition) is 2. The Morgan fingerprint density at radius 3 is 2.59 bits per heavy atom. The second-order valence-electron chi connectivity index (χ2n) is 6.32. The van der Waals surface area contributed by atoms with Crippen molar-refractivity contribution >= 4 is 29.9 Å². The van der Waals surface area contributed by atoms with Gasteiger partial charge in [0.05, 0.1) is 19.4 Å². The molecular weight excluding hydrogens is 457 g/mol. The molecule has 0 spiro atoms. The summed E-state index contributed by atoms with van der Waals surface area (Å²) in [6.07, 6.45) is 0.794. The molecule has 27 heavy (non-hydrogen) atoms. The SMILES string of the molecule is CCNC(=NCC(O)c1ccco1)N(C)CCOc1cc(C)cc(C)c1.I. The van der Waals surface area contributed by atoms with E-state index in [2.05, 4.69) is 30.2 Å². The summed E-state index contributed by atoms with van der Waals surface area (Å²) in [6.45, 7) is 8.34. The summed E-state index contributed by atoms with van der Waals surface area (Å²) < 4.78 is 11.1. The van der Waals surface area contributed by atoms with E-state index in [-0.39, 0.29) is 30.5 Å². The third-order valence-electron chi connectivity index (χ3n) is 3.87. The topological polar surface area (TPSA) is 70.2 Å². The van der Waals surface area contributed by atoms with Gasteiger partial charge in [0, 0.05) is 13.6 Å². The third kappa shape index (κ3) is 7.80. The maximum Gasteiger partial charge on any atom is 0.193 e. The minimum absolute atomic E-state index is 0. The predicted octanol–water partition coefficient (Wildman–Crippen LogP) is 3.52. The fourth-order valence-corrected chi connectivity index (χ4v) is 2.64. The van der Waals surface area contributed by atoms with Gasteiger partial charge in [0.15, 0.2) is 5.96 Å². The van der Waals surface area contributed by atoms with E-state index in [4.69, 9.17) is 9.15 Å². The van der Waals surface area contributed by atoms with Gasteiger partial charge in [-0.25, -0.2) is 4.99 Å². The number of ether oxygens (including phenoxy) is 1. The van der Waals surface area contributed by atoms with Gasteiger partial charge in [0.2, 0.25) is 0 Å². The Hall–Kier alpha value is -1.74. The summed E-state index contributed by atoms with van der Waals surface area (Å²) >= 11 is 0. The molecule has 1 aromatic heterocycles. The van der Waals surface area contributed by atoms with Gasteiger partial charge < -0.3 is 24.5 Å². The van der Waals surface area contributed by atoms with Crippen molar-refractivity contribution in [2.45, 2.75) is 26.9 Å². The first-order valence-corrected chi connectivity index (χ1v) is 8.91. The van der Waals surface area contributed by atoms with Crippen LogP contribution in [-0.2, 0) is 0 Å². The Morgan fingerprint density at radius 2 is 2.00 bits per heavy atom. The number of aliphatic hydroxyl groups excluding tert-OH is 1. The van der Waals surface area contributed by atoms with E-state index in [1.165, 1.54) is 11.1 Å². The van der Waals surface area contributed by atoms with Gasteiger partial charge in [-0.3, -0.25) is 0 Å². The van der Waals surface area contributed by atoms with E-state index >= 15 is 0 Å². The number of guanidine groups is 1. The standard InChI is InChI=1S/C20H29N3O3.HI/c1-5-21-20(22-14-18(24)19-7-6-9-26-19)23(4)8-10-25-17-12-15(2)11-16(3)13-17;/h6-7,9,11-13,18,24H,5,8,10,14H2,1-4H3,(H,21,22);1H. The highest BCUT2D eigenvalue weighted by atomic mass is 127. The minimum Gasteiger partial charge on any atom is -0.492 e. The molecular formula is C20H30IN3O3. The van der Waals surface area contributed by atoms with E-state index in [0.29, 0.717) is 18.9 Å². The van der Waals surface area contributed by atoms with Gasteiger partial charge >= 0.3 is 0 Å². The Kier molecular flexibility index (Phi) is 10.2. The lowest BCUT2D eigenvalue weighted by Gasteiger charge is -2.22. The lowest BCUT2D eigenvalue weighted by atomic mass is 10.1. The number of benzene rings is 1. The first-order valence-electron chi connectivity index (χ1n) is 8.91. The van der Waals surface area contributed by atoms with Crippen LogP contribution in [0, 0.1) is 13.8 Å². The zero-order valence-electron chi connectivity index (χ0n) is 16.4. The largest absolute Gasteiger partial charge is 0.492 e. The number of aliphatic imine (C=N–C) groups is 1. The molecule has 0 fully saturated rings. The molecule has 1 unspecified atom stereocenters. The fraction of sp³-hybridized carbons (Fsp3) is 0.450. The van der Waals surface area contributed by atoms with Crippen LogP contribution in [0.1, 0.15) is 29.9 Å². The second kappa shape index (κ2) is 11.9. The quantitative estimate of drug-likeness (QED) is 0.339. The van der Waals surface area contributed by atoms with Crippen molar-refractivity contribution in [1.82, 2.24) is 10.2 Å². The summed E-state index contributed by atoms with van der Waals surface area (Å²) in [5.74, 6) is 2.12. The monoisotopic (exact) mass is 487 g/mol. The molecule has 0 saturated heterocycles. The van der Waals surface area contributed by atoms with Crippen LogP contribution in [0.15, 0.2) is 46.0 Å². The van der Waals surface area contributed by atoms with Crippen molar-refractivity contribution in [1.29, 1.82) is 0 Å². The van der Waals surface area contributed by atoms with Gasteiger partial charge in [-0.2, -0.15) is 0 Å². The minimum atomic E-state index is -0.751. The van der Waals surface area contributed by atoms with Crippen LogP contribution in [0.25, 0.3) is 0 Å². The molecule has 2 aromatic rings. The van der Waals surface area contributed by atoms with Crippen molar-refractivity contribution in [2.75, 3.05) is 33.3 Å². The molecule has 6 nitrogen and oxygen atoms in total. The highest BCUT2D eigenvalue weighted by molar-refractivity contribution is 14.0. The van der Waals surface area contributed by atoms with Crippen molar-refractivity contribution in [3.8, 4) is 5.75 Å². The Morgan fingerprint density at radius 1 is 1.30 bits per heavy atom. The Bertz CT molecular complexity index is 684. The number of aryl methyl sites for hydroxylation is 2. The zero-order chi connectivity index (χ0) is 18.9. The number of rotatable bonds is 8. The van der Waals surface area contributed by atoms with Gasteiger partial charge in [-0.1, -0.05) is 6.07 Å². The van der Waals surface area contributed by atoms with Crippen LogP contribution in [0.5, 0.6) is 5.75 Å². The molecule has 1 aromatic carbocycles. The molecule has 150 valence electrons. The van der Waals surface area contributed by atoms with Crippen LogP contribution < -0.4 is 10.1 Å². The molecule has 0 bridgehead atoms. The second-order valence-corrected chi connectivity index (χ2v) is 6.32. The normalized spacial score (nSPS) is 12.3. The number of hydrogen-bond acceptors (Lipinski definition) is 4. The lowest BCUT2D eigenvalue weighted by molar-refractivity contribution is 0.158. The summed E-state index contributed by atoms with van der Waals surface area (Å²) in [5, 5.41) is 13.3. The van der Waals surface area contributed by atoms with Gasteiger partial charge in [0.1, 0.15) is 24.2 Å². The van der Waals surface area contributed by atoms with Crippen LogP contribution in [0.2, 0.25) is 0 Å². The van der Waals surface area contributed by atoms with Gasteiger partial charge in [0.25, 0.3) is 0 Å². The molecule has 2 rings (SSSR count). The van der Waals surface area contributed by atoms with E-state index < -0.39 is 6.10 Å². The zero-order valence-corrected chi connectivity index (χ0v) is 18.8. The molecule has 1 atom stereocenters. The van der Waals surface area contributed by atoms with Crippen molar-refractivity contribution in [3.63, 3.8) is 0 Å². The summed E-state index contributed by atoms with van der Waals surface area (Å²) in [6, 6.07) is 9.69. The number of aliphatic hydroxyl groups is 1. The summed E-state index contributed by atoms with van der Waals surface area (Å²) in [5.41, 5.74) is 2.38. The number of nitrogens with one attached hydrogen (secondary N) is 1. The van der Waals surface area contributed by atoms with E-state index in [9.17, 15) is 5.11 Å². The maximum absolute atomic E-state index is 10.1. The molecule has 0 aliphatic carbocycles. The van der Waals surface area contributed by atoms with E-state index in [0.717, 1.165) is 18.3 Å². The summed E-state index contributed by atoms with van der Waals surface area (Å²) in [4.78, 5) is 6.48. The van der Waals surface area contributed by atoms with E-state index in [1.54, 1.807) is 18.4 Å². The molecule has 0 amide bonds. The number of halogens is 1. The molecule has 0 radical (unpaired) electrons. The average molecular weight is 487 g/mol. The van der Waals surface area contributed by atoms with E-state index in [1.807, 2.05) is 31.0 Å². The van der Waals surface area contributed by atoms with Crippen LogP contribution in [0.4, 0.5) is 0 Å². The molecule has 7 heteroatoms. The number of nitrogens with zero attached hydrogens (tertiary/aromatic N) is 2. The van der Waals surface area contributed by atoms with Crippen molar-refractivity contribution in [3.05, 3.63) is 53.5 Å². The van der Waals surface area contributed by atoms with Crippen molar-refractivity contribution in [2.24, 2.45) is 4.99 Å². The molecule has 0 saturated carbocycles. The van der Waals surface area contributed by atoms with Gasteiger partial charge in [-0.15, -0.1) is 24.0 Å². The Balaban J connectivity index is 0.00000364. The molecule has 2 N–H and O–H groups in total. The first kappa shape index (κ1) is 23.3. The lowest BCUT2D eigenvalue weighted by Crippen LogP contribution is -2.41. The highest BCUT2D eigenvalue weighted by Crippen LogP contribution is 2.16. The molecule has 0 aliphatic heterocycles. The third-order valence-corrected chi connectivity index (χ3v) is 3.87. The maximum atomic E-state index is 10.1. The predicted molar refractivity (Wildman–Crippen MR) is 119 cm³/mol. The van der Waals surface area contributed by atoms with Crippen LogP contribution in [0.3, 0.4) is 0 Å². The van der Waals surface area contributed by atoms with Gasteiger partial charge in [-0.05, 0) is 56.2 Å². The highest BCUT2D eigenvalue weighted by Gasteiger charge is 2.12.